The summed E-state index contributed by atoms with van der Waals surface area (Å²) in [7, 11) is -7.85. The zero-order valence-electron chi connectivity index (χ0n) is 27.1. The SMILES string of the molecule is CC(C)N1C(=O)c2ccccc2NS1(=O)=O.CC(C)Oc1cc(-n2nc(C(C)(C)C)oc2=O)c(Cl)cc1Cl.O=C(O)CNCP(=O)(O)O. The number of hydrogen-bond acceptors (Lipinski definition) is 10. The molecule has 0 spiro atoms. The molecular weight excluding hydrogens is 716 g/mol. The summed E-state index contributed by atoms with van der Waals surface area (Å²) in [5.74, 6) is -1.47. The van der Waals surface area contributed by atoms with Gasteiger partial charge in [0.1, 0.15) is 5.75 Å². The van der Waals surface area contributed by atoms with E-state index in [1.54, 1.807) is 44.2 Å². The predicted molar refractivity (Wildman–Crippen MR) is 179 cm³/mol. The predicted octanol–water partition coefficient (Wildman–Crippen LogP) is 4.22. The molecule has 0 saturated carbocycles. The van der Waals surface area contributed by atoms with Crippen molar-refractivity contribution in [2.75, 3.05) is 17.6 Å². The number of nitrogens with one attached hydrogen (secondary N) is 2. The number of nitrogens with zero attached hydrogens (tertiary/aromatic N) is 3. The summed E-state index contributed by atoms with van der Waals surface area (Å²) in [6, 6.07) is 9.26. The molecule has 0 atom stereocenters. The number of carbonyl (C=O) groups excluding carboxylic acids is 1. The van der Waals surface area contributed by atoms with Gasteiger partial charge in [0, 0.05) is 17.5 Å². The van der Waals surface area contributed by atoms with Gasteiger partial charge >= 0.3 is 29.5 Å². The third kappa shape index (κ3) is 11.6. The molecule has 1 aromatic heterocycles. The fraction of sp³-hybridized carbons (Fsp3) is 0.429. The number of amides is 1. The highest BCUT2D eigenvalue weighted by atomic mass is 35.5. The number of aliphatic carboxylic acids is 1. The lowest BCUT2D eigenvalue weighted by Gasteiger charge is -2.31. The Balaban J connectivity index is 0.000000270. The summed E-state index contributed by atoms with van der Waals surface area (Å²) in [5.41, 5.74) is 0.696. The van der Waals surface area contributed by atoms with Crippen LogP contribution in [0.5, 0.6) is 5.75 Å². The molecule has 0 radical (unpaired) electrons. The maximum atomic E-state index is 12.1. The quantitative estimate of drug-likeness (QED) is 0.203. The van der Waals surface area contributed by atoms with Crippen LogP contribution in [-0.4, -0.2) is 74.2 Å². The summed E-state index contributed by atoms with van der Waals surface area (Å²) < 4.78 is 48.8. The van der Waals surface area contributed by atoms with Gasteiger partial charge in [-0.15, -0.1) is 5.10 Å². The average molecular weight is 755 g/mol. The molecule has 48 heavy (non-hydrogen) atoms. The standard InChI is InChI=1S/C15H18Cl2N2O3.C10H12N2O3S.C3H8NO5P/c1-8(2)21-12-7-11(9(16)6-10(12)17)19-14(20)22-13(18-19)15(3,4)5;1-7(2)12-10(13)8-5-3-4-6-9(8)11-16(12,14)15;5-3(6)1-4-2-10(7,8)9/h6-8H,1-5H3;3-7,11H,1-2H3;4H,1-2H2,(H,5,6)(H2,7,8,9). The Morgan fingerprint density at radius 2 is 1.71 bits per heavy atom. The first-order valence-electron chi connectivity index (χ1n) is 14.1. The molecular formula is C28H38Cl2N5O11PS. The van der Waals surface area contributed by atoms with Crippen molar-refractivity contribution in [3.05, 3.63) is 68.4 Å². The Labute approximate surface area is 287 Å². The van der Waals surface area contributed by atoms with E-state index in [2.05, 4.69) is 15.1 Å². The van der Waals surface area contributed by atoms with Crippen LogP contribution in [0.1, 0.15) is 64.7 Å². The molecule has 5 N–H and O–H groups in total. The smallest absolute Gasteiger partial charge is 0.442 e. The van der Waals surface area contributed by atoms with E-state index in [0.29, 0.717) is 33.6 Å². The molecule has 1 amide bonds. The molecule has 0 aliphatic carbocycles. The number of anilines is 1. The van der Waals surface area contributed by atoms with Gasteiger partial charge in [-0.2, -0.15) is 13.1 Å². The molecule has 1 aliphatic rings. The fourth-order valence-electron chi connectivity index (χ4n) is 3.75. The normalized spacial score (nSPS) is 13.9. The minimum atomic E-state index is -4.10. The van der Waals surface area contributed by atoms with Crippen molar-refractivity contribution in [3.8, 4) is 11.4 Å². The van der Waals surface area contributed by atoms with Crippen LogP contribution in [0.25, 0.3) is 5.69 Å². The molecule has 16 nitrogen and oxygen atoms in total. The maximum Gasteiger partial charge on any atom is 0.442 e. The number of benzene rings is 2. The van der Waals surface area contributed by atoms with Crippen molar-refractivity contribution in [1.82, 2.24) is 19.4 Å². The van der Waals surface area contributed by atoms with Crippen LogP contribution in [0.2, 0.25) is 10.0 Å². The Hall–Kier alpha value is -3.44. The zero-order chi connectivity index (χ0) is 36.8. The number of carboxylic acid groups (broad SMARTS) is 1. The van der Waals surface area contributed by atoms with Crippen LogP contribution in [0.3, 0.4) is 0 Å². The molecule has 0 unspecified atom stereocenters. The fourth-order valence-corrected chi connectivity index (χ4v) is 6.09. The van der Waals surface area contributed by atoms with E-state index in [1.165, 1.54) is 6.07 Å². The van der Waals surface area contributed by atoms with E-state index in [-0.39, 0.29) is 16.5 Å². The highest BCUT2D eigenvalue weighted by Crippen LogP contribution is 2.34. The van der Waals surface area contributed by atoms with E-state index in [0.717, 1.165) is 8.99 Å². The third-order valence-electron chi connectivity index (χ3n) is 5.70. The first-order chi connectivity index (χ1) is 21.9. The number of carboxylic acids is 1. The highest BCUT2D eigenvalue weighted by molar-refractivity contribution is 7.91. The van der Waals surface area contributed by atoms with Crippen LogP contribution in [-0.2, 0) is 25.0 Å². The number of para-hydroxylation sites is 1. The van der Waals surface area contributed by atoms with Crippen LogP contribution in [0.4, 0.5) is 5.69 Å². The van der Waals surface area contributed by atoms with Gasteiger partial charge in [-0.1, -0.05) is 56.1 Å². The van der Waals surface area contributed by atoms with Gasteiger partial charge < -0.3 is 24.0 Å². The number of fused-ring (bicyclic) bond motifs is 1. The Bertz CT molecular complexity index is 1830. The van der Waals surface area contributed by atoms with Crippen LogP contribution in [0.15, 0.2) is 45.6 Å². The van der Waals surface area contributed by atoms with Gasteiger partial charge in [0.05, 0.1) is 45.9 Å². The van der Waals surface area contributed by atoms with E-state index in [1.807, 2.05) is 34.6 Å². The Morgan fingerprint density at radius 3 is 2.21 bits per heavy atom. The van der Waals surface area contributed by atoms with Gasteiger partial charge in [0.15, 0.2) is 0 Å². The third-order valence-corrected chi connectivity index (χ3v) is 8.52. The zero-order valence-corrected chi connectivity index (χ0v) is 30.3. The van der Waals surface area contributed by atoms with Crippen molar-refractivity contribution in [3.63, 3.8) is 0 Å². The number of rotatable bonds is 8. The molecule has 3 aromatic rings. The molecule has 0 saturated heterocycles. The van der Waals surface area contributed by atoms with Crippen molar-refractivity contribution >= 4 is 58.6 Å². The van der Waals surface area contributed by atoms with Crippen LogP contribution >= 0.6 is 30.8 Å². The van der Waals surface area contributed by atoms with Crippen LogP contribution in [0, 0.1) is 0 Å². The number of carbonyl (C=O) groups is 2. The summed E-state index contributed by atoms with van der Waals surface area (Å²) >= 11 is 12.3. The topological polar surface area (TPSA) is 231 Å². The van der Waals surface area contributed by atoms with Crippen molar-refractivity contribution in [2.45, 2.75) is 66.0 Å². The molecule has 0 bridgehead atoms. The average Bonchev–Trinajstić information content (AvgIpc) is 3.31. The van der Waals surface area contributed by atoms with E-state index in [4.69, 9.17) is 47.2 Å². The van der Waals surface area contributed by atoms with Crippen molar-refractivity contribution in [1.29, 1.82) is 0 Å². The number of ether oxygens (including phenoxy) is 1. The summed E-state index contributed by atoms with van der Waals surface area (Å²) in [4.78, 5) is 50.2. The molecule has 4 rings (SSSR count). The van der Waals surface area contributed by atoms with Gasteiger partial charge in [0.25, 0.3) is 5.91 Å². The van der Waals surface area contributed by atoms with Crippen LogP contribution < -0.4 is 20.5 Å². The minimum Gasteiger partial charge on any atom is -0.489 e. The first kappa shape index (κ1) is 40.7. The van der Waals surface area contributed by atoms with Gasteiger partial charge in [-0.05, 0) is 45.9 Å². The maximum absolute atomic E-state index is 12.1. The molecule has 2 heterocycles. The molecule has 2 aromatic carbocycles. The molecule has 266 valence electrons. The monoisotopic (exact) mass is 753 g/mol. The Kier molecular flexibility index (Phi) is 13.8. The second-order valence-corrected chi connectivity index (χ2v) is 15.7. The summed E-state index contributed by atoms with van der Waals surface area (Å²) in [5, 5.41) is 14.9. The molecule has 0 fully saturated rings. The first-order valence-corrected chi connectivity index (χ1v) is 18.1. The summed E-state index contributed by atoms with van der Waals surface area (Å²) in [6.07, 6.45) is -0.662. The largest absolute Gasteiger partial charge is 0.489 e. The number of halogens is 2. The molecule has 1 aliphatic heterocycles. The number of aromatic nitrogens is 2. The minimum absolute atomic E-state index is 0.0642. The highest BCUT2D eigenvalue weighted by Gasteiger charge is 2.37. The van der Waals surface area contributed by atoms with Crippen molar-refractivity contribution in [2.24, 2.45) is 0 Å². The van der Waals surface area contributed by atoms with Gasteiger partial charge in [0.2, 0.25) is 5.89 Å². The lowest BCUT2D eigenvalue weighted by atomic mass is 9.97. The Morgan fingerprint density at radius 1 is 1.10 bits per heavy atom. The van der Waals surface area contributed by atoms with Crippen molar-refractivity contribution < 1.29 is 46.6 Å². The summed E-state index contributed by atoms with van der Waals surface area (Å²) in [6.45, 7) is 12.3. The number of hydrogen-bond donors (Lipinski definition) is 5. The second kappa shape index (κ2) is 16.3. The van der Waals surface area contributed by atoms with E-state index < -0.39 is 54.3 Å². The molecule has 20 heteroatoms. The van der Waals surface area contributed by atoms with E-state index in [9.17, 15) is 27.4 Å². The lowest BCUT2D eigenvalue weighted by molar-refractivity contribution is -0.135. The van der Waals surface area contributed by atoms with Gasteiger partial charge in [-0.3, -0.25) is 24.2 Å². The second-order valence-electron chi connectivity index (χ2n) is 11.7. The van der Waals surface area contributed by atoms with Gasteiger partial charge in [-0.25, -0.2) is 9.10 Å². The lowest BCUT2D eigenvalue weighted by Crippen LogP contribution is -2.48. The van der Waals surface area contributed by atoms with E-state index >= 15 is 0 Å².